The number of aryl methyl sites for hydroxylation is 1. The van der Waals surface area contributed by atoms with Gasteiger partial charge in [0.15, 0.2) is 17.3 Å². The van der Waals surface area contributed by atoms with E-state index in [-0.39, 0.29) is 5.78 Å². The lowest BCUT2D eigenvalue weighted by atomic mass is 9.96. The molecule has 0 aliphatic rings. The summed E-state index contributed by atoms with van der Waals surface area (Å²) in [5.74, 6) is 1.21. The van der Waals surface area contributed by atoms with Gasteiger partial charge in [0, 0.05) is 11.1 Å². The molecule has 0 N–H and O–H groups in total. The first-order valence-electron chi connectivity index (χ1n) is 6.41. The van der Waals surface area contributed by atoms with Crippen molar-refractivity contribution in [2.45, 2.75) is 13.8 Å². The van der Waals surface area contributed by atoms with E-state index in [1.165, 1.54) is 0 Å². The summed E-state index contributed by atoms with van der Waals surface area (Å²) in [5.41, 5.74) is 3.63. The van der Waals surface area contributed by atoms with E-state index in [1.807, 2.05) is 37.3 Å². The second-order valence-corrected chi connectivity index (χ2v) is 4.63. The highest BCUT2D eigenvalue weighted by Gasteiger charge is 2.16. The molecule has 0 bridgehead atoms. The van der Waals surface area contributed by atoms with Gasteiger partial charge in [0.1, 0.15) is 0 Å². The van der Waals surface area contributed by atoms with Crippen LogP contribution in [0.1, 0.15) is 22.8 Å². The average Bonchev–Trinajstić information content (AvgIpc) is 2.46. The number of ether oxygens (including phenoxy) is 2. The fourth-order valence-corrected chi connectivity index (χ4v) is 2.24. The highest BCUT2D eigenvalue weighted by Crippen LogP contribution is 2.40. The van der Waals surface area contributed by atoms with Crippen LogP contribution in [0.3, 0.4) is 0 Å². The van der Waals surface area contributed by atoms with E-state index in [0.717, 1.165) is 16.7 Å². The molecular formula is C17H18O3. The SMILES string of the molecule is COc1cc(C(C)=O)cc(-c2ccccc2C)c1OC. The number of rotatable bonds is 4. The number of hydrogen-bond donors (Lipinski definition) is 0. The molecule has 0 amide bonds. The molecule has 0 saturated heterocycles. The van der Waals surface area contributed by atoms with Crippen molar-refractivity contribution in [3.63, 3.8) is 0 Å². The van der Waals surface area contributed by atoms with E-state index in [1.54, 1.807) is 27.2 Å². The highest BCUT2D eigenvalue weighted by molar-refractivity contribution is 5.97. The molecule has 0 unspecified atom stereocenters. The summed E-state index contributed by atoms with van der Waals surface area (Å²) >= 11 is 0. The number of methoxy groups -OCH3 is 2. The van der Waals surface area contributed by atoms with Gasteiger partial charge in [-0.15, -0.1) is 0 Å². The molecule has 2 rings (SSSR count). The summed E-state index contributed by atoms with van der Waals surface area (Å²) in [6.45, 7) is 3.57. The zero-order valence-corrected chi connectivity index (χ0v) is 12.2. The molecular weight excluding hydrogens is 252 g/mol. The fraction of sp³-hybridized carbons (Fsp3) is 0.235. The number of hydrogen-bond acceptors (Lipinski definition) is 3. The Labute approximate surface area is 119 Å². The van der Waals surface area contributed by atoms with E-state index in [2.05, 4.69) is 0 Å². The maximum atomic E-state index is 11.7. The standard InChI is InChI=1S/C17H18O3/c1-11-7-5-6-8-14(11)15-9-13(12(2)18)10-16(19-3)17(15)20-4/h5-10H,1-4H3. The van der Waals surface area contributed by atoms with Crippen LogP contribution in [0.2, 0.25) is 0 Å². The molecule has 0 radical (unpaired) electrons. The van der Waals surface area contributed by atoms with Gasteiger partial charge < -0.3 is 9.47 Å². The second kappa shape index (κ2) is 5.78. The first-order chi connectivity index (χ1) is 9.58. The van der Waals surface area contributed by atoms with Gasteiger partial charge in [-0.05, 0) is 37.1 Å². The van der Waals surface area contributed by atoms with Gasteiger partial charge in [0.25, 0.3) is 0 Å². The Hall–Kier alpha value is -2.29. The van der Waals surface area contributed by atoms with E-state index >= 15 is 0 Å². The van der Waals surface area contributed by atoms with Gasteiger partial charge >= 0.3 is 0 Å². The van der Waals surface area contributed by atoms with Crippen LogP contribution in [0.25, 0.3) is 11.1 Å². The van der Waals surface area contributed by atoms with Crippen molar-refractivity contribution in [2.75, 3.05) is 14.2 Å². The Balaban J connectivity index is 2.76. The van der Waals surface area contributed by atoms with Gasteiger partial charge in [-0.3, -0.25) is 4.79 Å². The number of benzene rings is 2. The van der Waals surface area contributed by atoms with Crippen molar-refractivity contribution in [3.8, 4) is 22.6 Å². The van der Waals surface area contributed by atoms with Crippen LogP contribution in [-0.2, 0) is 0 Å². The average molecular weight is 270 g/mol. The number of Topliss-reactive ketones (excluding diaryl/α,β-unsaturated/α-hetero) is 1. The molecule has 3 nitrogen and oxygen atoms in total. The molecule has 0 aliphatic heterocycles. The molecule has 3 heteroatoms. The summed E-state index contributed by atoms with van der Waals surface area (Å²) in [7, 11) is 3.18. The molecule has 20 heavy (non-hydrogen) atoms. The normalized spacial score (nSPS) is 10.2. The Morgan fingerprint density at radius 2 is 1.70 bits per heavy atom. The lowest BCUT2D eigenvalue weighted by molar-refractivity contribution is 0.101. The van der Waals surface area contributed by atoms with Crippen LogP contribution in [0.5, 0.6) is 11.5 Å². The Morgan fingerprint density at radius 1 is 1.00 bits per heavy atom. The molecule has 2 aromatic carbocycles. The summed E-state index contributed by atoms with van der Waals surface area (Å²) in [6, 6.07) is 11.6. The topological polar surface area (TPSA) is 35.5 Å². The van der Waals surface area contributed by atoms with Crippen LogP contribution >= 0.6 is 0 Å². The molecule has 2 aromatic rings. The summed E-state index contributed by atoms with van der Waals surface area (Å²) in [6.07, 6.45) is 0. The van der Waals surface area contributed by atoms with Gasteiger partial charge in [0.05, 0.1) is 14.2 Å². The molecule has 104 valence electrons. The van der Waals surface area contributed by atoms with Crippen LogP contribution < -0.4 is 9.47 Å². The van der Waals surface area contributed by atoms with Crippen LogP contribution in [0.4, 0.5) is 0 Å². The first kappa shape index (κ1) is 14.1. The minimum absolute atomic E-state index is 0.000729. The van der Waals surface area contributed by atoms with Crippen LogP contribution in [0.15, 0.2) is 36.4 Å². The minimum Gasteiger partial charge on any atom is -0.493 e. The lowest BCUT2D eigenvalue weighted by Gasteiger charge is -2.16. The van der Waals surface area contributed by atoms with Gasteiger partial charge in [-0.25, -0.2) is 0 Å². The number of carbonyl (C=O) groups excluding carboxylic acids is 1. The van der Waals surface area contributed by atoms with E-state index in [4.69, 9.17) is 9.47 Å². The third-order valence-corrected chi connectivity index (χ3v) is 3.32. The Kier molecular flexibility index (Phi) is 4.08. The van der Waals surface area contributed by atoms with E-state index in [0.29, 0.717) is 17.1 Å². The fourth-order valence-electron chi connectivity index (χ4n) is 2.24. The monoisotopic (exact) mass is 270 g/mol. The zero-order valence-electron chi connectivity index (χ0n) is 12.2. The highest BCUT2D eigenvalue weighted by atomic mass is 16.5. The summed E-state index contributed by atoms with van der Waals surface area (Å²) in [5, 5.41) is 0. The van der Waals surface area contributed by atoms with Gasteiger partial charge in [0.2, 0.25) is 0 Å². The largest absolute Gasteiger partial charge is 0.493 e. The first-order valence-corrected chi connectivity index (χ1v) is 6.41. The van der Waals surface area contributed by atoms with Crippen molar-refractivity contribution in [1.82, 2.24) is 0 Å². The molecule has 0 aliphatic carbocycles. The molecule has 0 aromatic heterocycles. The van der Waals surface area contributed by atoms with Crippen molar-refractivity contribution in [1.29, 1.82) is 0 Å². The Morgan fingerprint density at radius 3 is 2.25 bits per heavy atom. The third-order valence-electron chi connectivity index (χ3n) is 3.32. The minimum atomic E-state index is 0.000729. The Bertz CT molecular complexity index is 645. The van der Waals surface area contributed by atoms with Gasteiger partial charge in [-0.1, -0.05) is 24.3 Å². The lowest BCUT2D eigenvalue weighted by Crippen LogP contribution is -1.99. The summed E-state index contributed by atoms with van der Waals surface area (Å²) in [4.78, 5) is 11.7. The van der Waals surface area contributed by atoms with Crippen LogP contribution in [-0.4, -0.2) is 20.0 Å². The molecule has 0 saturated carbocycles. The van der Waals surface area contributed by atoms with Crippen molar-refractivity contribution in [2.24, 2.45) is 0 Å². The van der Waals surface area contributed by atoms with E-state index < -0.39 is 0 Å². The maximum Gasteiger partial charge on any atom is 0.168 e. The molecule has 0 spiro atoms. The zero-order chi connectivity index (χ0) is 14.7. The van der Waals surface area contributed by atoms with Crippen molar-refractivity contribution in [3.05, 3.63) is 47.5 Å². The molecule has 0 fully saturated rings. The summed E-state index contributed by atoms with van der Waals surface area (Å²) < 4.78 is 10.8. The quantitative estimate of drug-likeness (QED) is 0.791. The predicted octanol–water partition coefficient (Wildman–Crippen LogP) is 3.88. The van der Waals surface area contributed by atoms with Crippen molar-refractivity contribution < 1.29 is 14.3 Å². The maximum absolute atomic E-state index is 11.7. The van der Waals surface area contributed by atoms with E-state index in [9.17, 15) is 4.79 Å². The van der Waals surface area contributed by atoms with Crippen LogP contribution in [0, 0.1) is 6.92 Å². The molecule has 0 heterocycles. The second-order valence-electron chi connectivity index (χ2n) is 4.63. The van der Waals surface area contributed by atoms with Gasteiger partial charge in [-0.2, -0.15) is 0 Å². The predicted molar refractivity (Wildman–Crippen MR) is 79.7 cm³/mol. The smallest absolute Gasteiger partial charge is 0.168 e. The number of ketones is 1. The third kappa shape index (κ3) is 2.52. The molecule has 0 atom stereocenters. The van der Waals surface area contributed by atoms with Crippen molar-refractivity contribution >= 4 is 5.78 Å². The number of carbonyl (C=O) groups is 1.